The molecule has 3 rings (SSSR count). The van der Waals surface area contributed by atoms with Gasteiger partial charge in [-0.3, -0.25) is 0 Å². The molecule has 21 heavy (non-hydrogen) atoms. The standard InChI is InChI=1S/C17H16N2O2/c1-20-13-8-9-16(21-2)14(10-13)15-11-18-17(19-15)12-6-4-3-5-7-12/h3-11H,1-2H3,(H,18,19). The molecule has 0 saturated carbocycles. The Kier molecular flexibility index (Phi) is 3.60. The smallest absolute Gasteiger partial charge is 0.137 e. The topological polar surface area (TPSA) is 47.1 Å². The molecule has 0 aliphatic carbocycles. The number of imidazole rings is 1. The van der Waals surface area contributed by atoms with Crippen LogP contribution in [0.1, 0.15) is 0 Å². The van der Waals surface area contributed by atoms with Gasteiger partial charge in [0.25, 0.3) is 0 Å². The van der Waals surface area contributed by atoms with Gasteiger partial charge in [0.15, 0.2) is 0 Å². The number of aromatic amines is 1. The maximum Gasteiger partial charge on any atom is 0.137 e. The Morgan fingerprint density at radius 2 is 1.76 bits per heavy atom. The highest BCUT2D eigenvalue weighted by Gasteiger charge is 2.11. The highest BCUT2D eigenvalue weighted by molar-refractivity contribution is 5.71. The molecule has 0 aliphatic heterocycles. The summed E-state index contributed by atoms with van der Waals surface area (Å²) < 4.78 is 10.7. The van der Waals surface area contributed by atoms with Gasteiger partial charge >= 0.3 is 0 Å². The SMILES string of the molecule is COc1ccc(OC)c(-c2cnc(-c3ccccc3)[nH]2)c1. The van der Waals surface area contributed by atoms with Crippen LogP contribution in [0, 0.1) is 0 Å². The van der Waals surface area contributed by atoms with E-state index in [1.807, 2.05) is 48.5 Å². The summed E-state index contributed by atoms with van der Waals surface area (Å²) in [5.74, 6) is 2.39. The van der Waals surface area contributed by atoms with Crippen LogP contribution in [0.3, 0.4) is 0 Å². The van der Waals surface area contributed by atoms with Crippen LogP contribution in [-0.4, -0.2) is 24.2 Å². The third-order valence-corrected chi connectivity index (χ3v) is 3.32. The van der Waals surface area contributed by atoms with Crippen molar-refractivity contribution in [2.24, 2.45) is 0 Å². The maximum atomic E-state index is 5.41. The van der Waals surface area contributed by atoms with E-state index >= 15 is 0 Å². The Morgan fingerprint density at radius 3 is 2.48 bits per heavy atom. The van der Waals surface area contributed by atoms with Crippen molar-refractivity contribution in [2.45, 2.75) is 0 Å². The van der Waals surface area contributed by atoms with E-state index in [0.717, 1.165) is 34.1 Å². The second-order valence-corrected chi connectivity index (χ2v) is 4.58. The predicted octanol–water partition coefficient (Wildman–Crippen LogP) is 3.76. The van der Waals surface area contributed by atoms with Gasteiger partial charge in [0.05, 0.1) is 26.1 Å². The van der Waals surface area contributed by atoms with Crippen molar-refractivity contribution in [3.63, 3.8) is 0 Å². The van der Waals surface area contributed by atoms with E-state index in [2.05, 4.69) is 9.97 Å². The molecule has 4 nitrogen and oxygen atoms in total. The number of H-pyrrole nitrogens is 1. The first-order valence-electron chi connectivity index (χ1n) is 6.64. The van der Waals surface area contributed by atoms with Gasteiger partial charge in [-0.05, 0) is 18.2 Å². The number of benzene rings is 2. The predicted molar refractivity (Wildman–Crippen MR) is 82.6 cm³/mol. The van der Waals surface area contributed by atoms with Crippen LogP contribution in [-0.2, 0) is 0 Å². The summed E-state index contributed by atoms with van der Waals surface area (Å²) in [6.07, 6.45) is 1.81. The minimum absolute atomic E-state index is 0.777. The van der Waals surface area contributed by atoms with Gasteiger partial charge in [0, 0.05) is 11.1 Å². The number of ether oxygens (including phenoxy) is 2. The van der Waals surface area contributed by atoms with Crippen LogP contribution in [0.4, 0.5) is 0 Å². The molecule has 0 fully saturated rings. The molecule has 1 heterocycles. The molecule has 0 saturated heterocycles. The third kappa shape index (κ3) is 2.60. The lowest BCUT2D eigenvalue weighted by atomic mass is 10.1. The number of nitrogens with zero attached hydrogens (tertiary/aromatic N) is 1. The molecule has 3 aromatic rings. The van der Waals surface area contributed by atoms with E-state index in [9.17, 15) is 0 Å². The Morgan fingerprint density at radius 1 is 0.952 bits per heavy atom. The summed E-state index contributed by atoms with van der Waals surface area (Å²) in [6, 6.07) is 15.7. The second-order valence-electron chi connectivity index (χ2n) is 4.58. The molecule has 0 spiro atoms. The molecular weight excluding hydrogens is 264 g/mol. The molecule has 0 radical (unpaired) electrons. The lowest BCUT2D eigenvalue weighted by Crippen LogP contribution is -1.90. The fourth-order valence-corrected chi connectivity index (χ4v) is 2.23. The molecule has 0 unspecified atom stereocenters. The van der Waals surface area contributed by atoms with Crippen LogP contribution in [0.5, 0.6) is 11.5 Å². The maximum absolute atomic E-state index is 5.41. The van der Waals surface area contributed by atoms with Gasteiger partial charge in [-0.25, -0.2) is 4.98 Å². The average molecular weight is 280 g/mol. The summed E-state index contributed by atoms with van der Waals surface area (Å²) in [5, 5.41) is 0. The van der Waals surface area contributed by atoms with Crippen molar-refractivity contribution in [2.75, 3.05) is 14.2 Å². The zero-order chi connectivity index (χ0) is 14.7. The van der Waals surface area contributed by atoms with Crippen molar-refractivity contribution in [3.8, 4) is 34.1 Å². The van der Waals surface area contributed by atoms with Crippen LogP contribution in [0.15, 0.2) is 54.7 Å². The highest BCUT2D eigenvalue weighted by Crippen LogP contribution is 2.33. The van der Waals surface area contributed by atoms with Crippen molar-refractivity contribution in [3.05, 3.63) is 54.7 Å². The normalized spacial score (nSPS) is 10.4. The van der Waals surface area contributed by atoms with E-state index in [1.54, 1.807) is 20.4 Å². The largest absolute Gasteiger partial charge is 0.497 e. The fraction of sp³-hybridized carbons (Fsp3) is 0.118. The lowest BCUT2D eigenvalue weighted by molar-refractivity contribution is 0.404. The molecule has 0 aliphatic rings. The number of hydrogen-bond acceptors (Lipinski definition) is 3. The zero-order valence-electron chi connectivity index (χ0n) is 12.0. The van der Waals surface area contributed by atoms with Crippen LogP contribution in [0.25, 0.3) is 22.6 Å². The molecule has 1 N–H and O–H groups in total. The summed E-state index contributed by atoms with van der Waals surface area (Å²) in [6.45, 7) is 0. The van der Waals surface area contributed by atoms with Gasteiger partial charge in [-0.15, -0.1) is 0 Å². The first-order chi connectivity index (χ1) is 10.3. The quantitative estimate of drug-likeness (QED) is 0.791. The van der Waals surface area contributed by atoms with Crippen molar-refractivity contribution in [1.82, 2.24) is 9.97 Å². The van der Waals surface area contributed by atoms with E-state index in [-0.39, 0.29) is 0 Å². The van der Waals surface area contributed by atoms with E-state index < -0.39 is 0 Å². The Balaban J connectivity index is 2.04. The number of aromatic nitrogens is 2. The minimum atomic E-state index is 0.777. The monoisotopic (exact) mass is 280 g/mol. The number of nitrogens with one attached hydrogen (secondary N) is 1. The number of rotatable bonds is 4. The molecular formula is C17H16N2O2. The van der Waals surface area contributed by atoms with Crippen LogP contribution >= 0.6 is 0 Å². The average Bonchev–Trinajstić information content (AvgIpc) is 3.05. The Hall–Kier alpha value is -2.75. The Labute approximate surface area is 123 Å². The minimum Gasteiger partial charge on any atom is -0.497 e. The van der Waals surface area contributed by atoms with Gasteiger partial charge in [-0.2, -0.15) is 0 Å². The number of methoxy groups -OCH3 is 2. The lowest BCUT2D eigenvalue weighted by Gasteiger charge is -2.08. The molecule has 106 valence electrons. The molecule has 2 aromatic carbocycles. The second kappa shape index (κ2) is 5.71. The molecule has 0 amide bonds. The molecule has 0 atom stereocenters. The molecule has 0 bridgehead atoms. The Bertz CT molecular complexity index is 736. The van der Waals surface area contributed by atoms with Crippen LogP contribution < -0.4 is 9.47 Å². The fourth-order valence-electron chi connectivity index (χ4n) is 2.23. The molecule has 4 heteroatoms. The van der Waals surface area contributed by atoms with Crippen LogP contribution in [0.2, 0.25) is 0 Å². The highest BCUT2D eigenvalue weighted by atomic mass is 16.5. The van der Waals surface area contributed by atoms with Gasteiger partial charge in [0.1, 0.15) is 17.3 Å². The summed E-state index contributed by atoms with van der Waals surface area (Å²) in [5.41, 5.74) is 2.86. The van der Waals surface area contributed by atoms with Gasteiger partial charge < -0.3 is 14.5 Å². The summed E-state index contributed by atoms with van der Waals surface area (Å²) in [4.78, 5) is 7.77. The first kappa shape index (κ1) is 13.2. The van der Waals surface area contributed by atoms with E-state index in [1.165, 1.54) is 0 Å². The van der Waals surface area contributed by atoms with Gasteiger partial charge in [-0.1, -0.05) is 30.3 Å². The van der Waals surface area contributed by atoms with Crippen molar-refractivity contribution < 1.29 is 9.47 Å². The number of hydrogen-bond donors (Lipinski definition) is 1. The van der Waals surface area contributed by atoms with E-state index in [4.69, 9.17) is 9.47 Å². The summed E-state index contributed by atoms with van der Waals surface area (Å²) >= 11 is 0. The van der Waals surface area contributed by atoms with Crippen molar-refractivity contribution >= 4 is 0 Å². The van der Waals surface area contributed by atoms with E-state index in [0.29, 0.717) is 0 Å². The molecule has 1 aromatic heterocycles. The van der Waals surface area contributed by atoms with Gasteiger partial charge in [0.2, 0.25) is 0 Å². The first-order valence-corrected chi connectivity index (χ1v) is 6.64. The summed E-state index contributed by atoms with van der Waals surface area (Å²) in [7, 11) is 3.30. The van der Waals surface area contributed by atoms with Crippen molar-refractivity contribution in [1.29, 1.82) is 0 Å². The third-order valence-electron chi connectivity index (χ3n) is 3.32. The zero-order valence-corrected chi connectivity index (χ0v) is 12.0.